The topological polar surface area (TPSA) is 39.8 Å². The summed E-state index contributed by atoms with van der Waals surface area (Å²) in [5, 5.41) is 8.93. The van der Waals surface area contributed by atoms with Gasteiger partial charge in [-0.3, -0.25) is 4.57 Å². The van der Waals surface area contributed by atoms with Gasteiger partial charge in [0.15, 0.2) is 0 Å². The minimum absolute atomic E-state index is 0. The molecule has 0 amide bonds. The Morgan fingerprint density at radius 1 is 0.508 bits per heavy atom. The first-order chi connectivity index (χ1) is 31.4. The van der Waals surface area contributed by atoms with Crippen LogP contribution in [-0.2, 0) is 26.5 Å². The van der Waals surface area contributed by atoms with Gasteiger partial charge in [-0.1, -0.05) is 141 Å². The average molecular weight is 1020 g/mol. The van der Waals surface area contributed by atoms with Gasteiger partial charge in [0.25, 0.3) is 6.33 Å². The van der Waals surface area contributed by atoms with Crippen LogP contribution in [0.15, 0.2) is 182 Å². The summed E-state index contributed by atoms with van der Waals surface area (Å²) in [7, 11) is 0. The zero-order valence-corrected chi connectivity index (χ0v) is 38.1. The Bertz CT molecular complexity index is 4100. The van der Waals surface area contributed by atoms with Crippen molar-refractivity contribution in [1.82, 2.24) is 18.4 Å². The van der Waals surface area contributed by atoms with Crippen molar-refractivity contribution < 1.29 is 30.4 Å². The quantitative estimate of drug-likeness (QED) is 0.130. The number of hydrogen-bond donors (Lipinski definition) is 0. The summed E-state index contributed by atoms with van der Waals surface area (Å²) in [5.74, 6) is 1.99. The van der Waals surface area contributed by atoms with Gasteiger partial charge in [-0.15, -0.1) is 35.0 Å². The van der Waals surface area contributed by atoms with Gasteiger partial charge in [0.2, 0.25) is 0 Å². The van der Waals surface area contributed by atoms with Crippen LogP contribution < -0.4 is 9.30 Å². The van der Waals surface area contributed by atoms with Crippen LogP contribution in [0.2, 0.25) is 0 Å². The normalized spacial score (nSPS) is 12.1. The predicted molar refractivity (Wildman–Crippen MR) is 260 cm³/mol. The third-order valence-electron chi connectivity index (χ3n) is 12.9. The number of pyridine rings is 1. The van der Waals surface area contributed by atoms with Crippen molar-refractivity contribution in [3.63, 3.8) is 0 Å². The Hall–Kier alpha value is -7.53. The van der Waals surface area contributed by atoms with Gasteiger partial charge in [-0.05, 0) is 69.7 Å². The van der Waals surface area contributed by atoms with Crippen LogP contribution in [0.3, 0.4) is 0 Å². The van der Waals surface area contributed by atoms with E-state index >= 15 is 0 Å². The van der Waals surface area contributed by atoms with Crippen molar-refractivity contribution >= 4 is 87.2 Å². The molecule has 0 aliphatic heterocycles. The van der Waals surface area contributed by atoms with Crippen molar-refractivity contribution in [3.05, 3.63) is 206 Å². The number of rotatable bonds is 4. The number of benzene rings is 8. The molecule has 13 rings (SSSR count). The minimum Gasteiger partial charge on any atom is -0.510 e. The second-order valence-electron chi connectivity index (χ2n) is 17.6. The number of hydrogen-bond acceptors (Lipinski definition) is 2. The molecule has 0 N–H and O–H groups in total. The van der Waals surface area contributed by atoms with E-state index < -0.39 is 0 Å². The number of para-hydroxylation sites is 6. The summed E-state index contributed by atoms with van der Waals surface area (Å²) in [5.41, 5.74) is 10.4. The molecule has 0 spiro atoms. The third kappa shape index (κ3) is 5.97. The first kappa shape index (κ1) is 39.1. The molecule has 0 fully saturated rings. The third-order valence-corrected chi connectivity index (χ3v) is 12.9. The van der Waals surface area contributed by atoms with E-state index in [0.717, 1.165) is 82.4 Å². The number of nitrogens with zero attached hydrogens (tertiary/aromatic N) is 5. The molecule has 5 heterocycles. The van der Waals surface area contributed by atoms with Crippen molar-refractivity contribution in [1.29, 1.82) is 0 Å². The summed E-state index contributed by atoms with van der Waals surface area (Å²) in [6, 6.07) is 69.7. The molecule has 13 aromatic rings. The standard InChI is InChI=1S/C58H39N5O.Pt/c1-58(2,3)37-31-32-59-55(33-37)62-49-23-10-7-18-42(49)45-30-28-40(35-54(45)62)64-39-27-29-44-41-17-8-11-24-50(41)63-51-25-12-9-19-43(51)46-20-13-21-47(56(46)63)48-22-14-26-52-57(48)61(53(44)34-39)36-60(52)38-15-5-4-6-16-38;/h4-33H,1-3H3;/q-2;. The van der Waals surface area contributed by atoms with E-state index in [1.165, 1.54) is 21.9 Å². The molecule has 0 aliphatic carbocycles. The molecule has 0 saturated carbocycles. The molecule has 0 aliphatic rings. The minimum atomic E-state index is -0.0395. The Kier molecular flexibility index (Phi) is 8.88. The van der Waals surface area contributed by atoms with Crippen LogP contribution in [0.4, 0.5) is 0 Å². The Labute approximate surface area is 389 Å². The number of aromatic nitrogens is 5. The molecule has 0 unspecified atom stereocenters. The second-order valence-corrected chi connectivity index (χ2v) is 17.6. The Morgan fingerprint density at radius 2 is 1.05 bits per heavy atom. The van der Waals surface area contributed by atoms with Crippen LogP contribution in [0.25, 0.3) is 98.7 Å². The smallest absolute Gasteiger partial charge is 0.268 e. The zero-order valence-electron chi connectivity index (χ0n) is 35.8. The molecule has 0 atom stereocenters. The van der Waals surface area contributed by atoms with Crippen LogP contribution in [0.1, 0.15) is 26.3 Å². The number of ether oxygens (including phenoxy) is 1. The van der Waals surface area contributed by atoms with Crippen molar-refractivity contribution in [3.8, 4) is 23.0 Å². The van der Waals surface area contributed by atoms with Gasteiger partial charge in [-0.2, -0.15) is 12.1 Å². The SMILES string of the molecule is CC(C)(C)c1ccnc(-n2c3[c-]c(Oc4[c-]c5c(cc4)c4ccccc4n4c6ccccc6c6cccc(c7cccc8c7n5[c-][n+]8-c5ccccc5)c64)ccc3c3ccccc32)c1.[Pt]. The fourth-order valence-electron chi connectivity index (χ4n) is 9.90. The average Bonchev–Trinajstić information content (AvgIpc) is 4.00. The fraction of sp³-hybridized carbons (Fsp3) is 0.0690. The molecule has 314 valence electrons. The Balaban J connectivity index is 0.00000444. The van der Waals surface area contributed by atoms with Gasteiger partial charge in [-0.25, -0.2) is 4.98 Å². The van der Waals surface area contributed by atoms with E-state index in [9.17, 15) is 0 Å². The number of fused-ring (bicyclic) bond motifs is 12. The maximum Gasteiger partial charge on any atom is 0.268 e. The van der Waals surface area contributed by atoms with Gasteiger partial charge in [0.1, 0.15) is 5.82 Å². The van der Waals surface area contributed by atoms with E-state index in [1.54, 1.807) is 0 Å². The second kappa shape index (κ2) is 14.8. The maximum absolute atomic E-state index is 6.87. The maximum atomic E-state index is 6.87. The predicted octanol–water partition coefficient (Wildman–Crippen LogP) is 13.8. The van der Waals surface area contributed by atoms with Gasteiger partial charge in [0, 0.05) is 66.0 Å². The summed E-state index contributed by atoms with van der Waals surface area (Å²) < 4.78 is 15.9. The van der Waals surface area contributed by atoms with Crippen molar-refractivity contribution in [2.24, 2.45) is 0 Å². The molecule has 65 heavy (non-hydrogen) atoms. The molecule has 0 saturated heterocycles. The van der Waals surface area contributed by atoms with Gasteiger partial charge in [0.05, 0.1) is 27.8 Å². The number of imidazole rings is 1. The largest absolute Gasteiger partial charge is 0.510 e. The summed E-state index contributed by atoms with van der Waals surface area (Å²) >= 11 is 0. The van der Waals surface area contributed by atoms with E-state index in [-0.39, 0.29) is 26.5 Å². The van der Waals surface area contributed by atoms with Crippen molar-refractivity contribution in [2.45, 2.75) is 26.2 Å². The molecule has 0 bridgehead atoms. The first-order valence-electron chi connectivity index (χ1n) is 21.7. The van der Waals surface area contributed by atoms with E-state index in [1.807, 2.05) is 24.4 Å². The molecular weight excluding hydrogens is 978 g/mol. The Morgan fingerprint density at radius 3 is 1.74 bits per heavy atom. The van der Waals surface area contributed by atoms with E-state index in [2.05, 4.69) is 215 Å². The molecule has 7 heteroatoms. The fourth-order valence-corrected chi connectivity index (χ4v) is 9.90. The molecule has 5 aromatic heterocycles. The molecule has 0 radical (unpaired) electrons. The molecule has 8 aromatic carbocycles. The van der Waals surface area contributed by atoms with Crippen LogP contribution in [-0.4, -0.2) is 18.4 Å². The molecular formula is C58H39N5OPt-2. The first-order valence-corrected chi connectivity index (χ1v) is 21.7. The van der Waals surface area contributed by atoms with Crippen LogP contribution in [0, 0.1) is 18.5 Å². The van der Waals surface area contributed by atoms with E-state index in [0.29, 0.717) is 11.5 Å². The van der Waals surface area contributed by atoms with Gasteiger partial charge < -0.3 is 18.1 Å². The van der Waals surface area contributed by atoms with Crippen molar-refractivity contribution in [2.75, 3.05) is 0 Å². The summed E-state index contributed by atoms with van der Waals surface area (Å²) in [6.07, 6.45) is 5.73. The summed E-state index contributed by atoms with van der Waals surface area (Å²) in [4.78, 5) is 4.89. The monoisotopic (exact) mass is 1020 g/mol. The van der Waals surface area contributed by atoms with Crippen LogP contribution in [0.5, 0.6) is 11.5 Å². The van der Waals surface area contributed by atoms with Gasteiger partial charge >= 0.3 is 0 Å². The molecule has 6 nitrogen and oxygen atoms in total. The summed E-state index contributed by atoms with van der Waals surface area (Å²) in [6.45, 7) is 6.69. The van der Waals surface area contributed by atoms with E-state index in [4.69, 9.17) is 9.72 Å². The zero-order chi connectivity index (χ0) is 42.7. The van der Waals surface area contributed by atoms with Crippen LogP contribution >= 0.6 is 0 Å².